The van der Waals surface area contributed by atoms with Gasteiger partial charge < -0.3 is 9.13 Å². The molecule has 3 aliphatic heterocycles. The minimum Gasteiger partial charge on any atom is -0.310 e. The fourth-order valence-electron chi connectivity index (χ4n) is 13.0. The Morgan fingerprint density at radius 3 is 1.66 bits per heavy atom. The molecule has 62 heavy (non-hydrogen) atoms. The zero-order valence-corrected chi connectivity index (χ0v) is 33.5. The van der Waals surface area contributed by atoms with Crippen LogP contribution in [-0.2, 0) is 5.41 Å². The van der Waals surface area contributed by atoms with E-state index in [0.717, 1.165) is 0 Å². The molecule has 0 bridgehead atoms. The second-order valence-electron chi connectivity index (χ2n) is 17.9. The molecular weight excluding hydrogens is 747 g/mol. The lowest BCUT2D eigenvalue weighted by Gasteiger charge is -2.44. The van der Waals surface area contributed by atoms with Gasteiger partial charge in [-0.3, -0.25) is 0 Å². The molecule has 0 saturated carbocycles. The summed E-state index contributed by atoms with van der Waals surface area (Å²) >= 11 is 0. The number of rotatable bonds is 2. The van der Waals surface area contributed by atoms with Crippen molar-refractivity contribution in [2.75, 3.05) is 0 Å². The molecule has 10 aromatic carbocycles. The lowest BCUT2D eigenvalue weighted by Crippen LogP contribution is -2.60. The van der Waals surface area contributed by atoms with Gasteiger partial charge in [0.15, 0.2) is 0 Å². The van der Waals surface area contributed by atoms with Gasteiger partial charge >= 0.3 is 0 Å². The van der Waals surface area contributed by atoms with Gasteiger partial charge in [0, 0.05) is 43.8 Å². The van der Waals surface area contributed by atoms with Gasteiger partial charge in [0.05, 0.1) is 22.1 Å². The molecule has 5 heterocycles. The molecule has 4 aliphatic rings. The third-order valence-electron chi connectivity index (χ3n) is 15.3. The van der Waals surface area contributed by atoms with E-state index < -0.39 is 5.41 Å². The van der Waals surface area contributed by atoms with E-state index in [1.54, 1.807) is 0 Å². The molecule has 0 fully saturated rings. The average Bonchev–Trinajstić information content (AvgIpc) is 3.97. The van der Waals surface area contributed by atoms with E-state index >= 15 is 0 Å². The zero-order chi connectivity index (χ0) is 40.0. The summed E-state index contributed by atoms with van der Waals surface area (Å²) in [5, 5.41) is 7.76. The molecule has 2 nitrogen and oxygen atoms in total. The molecular formula is C59H33BN2. The standard InChI is InChI=1S/C59H33BN2/c1-2-13-34(14-3-1)35-27-28-37-32-38(30-29-36(37)31-35)45-33-49-58-53-57(45)61-52-26-9-6-17-41(52)42-19-11-24-50(55(42)61)60(53)51-25-12-20-44-43-18-10-23-48(54(43)62(58)56(44)51)59(49)46-21-7-4-15-39(46)40-16-5-8-22-47(40)59/h1-33H. The lowest BCUT2D eigenvalue weighted by atomic mass is 9.33. The Morgan fingerprint density at radius 2 is 0.903 bits per heavy atom. The fourth-order valence-corrected chi connectivity index (χ4v) is 13.0. The SMILES string of the molecule is c1ccc(-c2ccc3cc(-c4cc5c6c7c4-n4c8ccccc8c8cccc(c84)B7c4cccc7c8cccc(c8n-6c47)C54c5ccccc5-c5ccccc54)ccc3c2)cc1. The van der Waals surface area contributed by atoms with Crippen LogP contribution in [0.15, 0.2) is 200 Å². The van der Waals surface area contributed by atoms with E-state index in [1.165, 1.54) is 138 Å². The van der Waals surface area contributed by atoms with Crippen molar-refractivity contribution in [3.63, 3.8) is 0 Å². The van der Waals surface area contributed by atoms with Crippen molar-refractivity contribution in [1.82, 2.24) is 9.13 Å². The second kappa shape index (κ2) is 10.9. The largest absolute Gasteiger partial charge is 0.310 e. The van der Waals surface area contributed by atoms with E-state index in [0.29, 0.717) is 0 Å². The molecule has 2 aromatic heterocycles. The molecule has 16 rings (SSSR count). The smallest absolute Gasteiger partial charge is 0.252 e. The first kappa shape index (κ1) is 32.0. The quantitative estimate of drug-likeness (QED) is 0.155. The summed E-state index contributed by atoms with van der Waals surface area (Å²) in [4.78, 5) is 0. The number of fused-ring (bicyclic) bond motifs is 15. The fraction of sp³-hybridized carbons (Fsp3) is 0.0169. The molecule has 0 amide bonds. The first-order chi connectivity index (χ1) is 30.8. The Labute approximate surface area is 357 Å². The van der Waals surface area contributed by atoms with Crippen LogP contribution in [0, 0.1) is 0 Å². The van der Waals surface area contributed by atoms with Crippen molar-refractivity contribution in [3.05, 3.63) is 222 Å². The van der Waals surface area contributed by atoms with Crippen molar-refractivity contribution in [2.24, 2.45) is 0 Å². The Kier molecular flexibility index (Phi) is 5.62. The molecule has 0 saturated heterocycles. The van der Waals surface area contributed by atoms with Crippen molar-refractivity contribution in [2.45, 2.75) is 5.41 Å². The Morgan fingerprint density at radius 1 is 0.339 bits per heavy atom. The van der Waals surface area contributed by atoms with Gasteiger partial charge in [-0.15, -0.1) is 0 Å². The summed E-state index contributed by atoms with van der Waals surface area (Å²) in [5.41, 5.74) is 24.7. The number of hydrogen-bond donors (Lipinski definition) is 0. The van der Waals surface area contributed by atoms with Crippen molar-refractivity contribution < 1.29 is 0 Å². The predicted octanol–water partition coefficient (Wildman–Crippen LogP) is 12.2. The number of benzene rings is 10. The number of para-hydroxylation sites is 4. The van der Waals surface area contributed by atoms with Crippen LogP contribution in [-0.4, -0.2) is 15.8 Å². The monoisotopic (exact) mass is 780 g/mol. The Balaban J connectivity index is 1.14. The third kappa shape index (κ3) is 3.51. The highest BCUT2D eigenvalue weighted by Crippen LogP contribution is 2.62. The highest BCUT2D eigenvalue weighted by atomic mass is 15.1. The van der Waals surface area contributed by atoms with E-state index in [-0.39, 0.29) is 6.71 Å². The molecule has 1 aliphatic carbocycles. The van der Waals surface area contributed by atoms with Crippen molar-refractivity contribution in [1.29, 1.82) is 0 Å². The first-order valence-electron chi connectivity index (χ1n) is 21.9. The van der Waals surface area contributed by atoms with Gasteiger partial charge in [0.25, 0.3) is 6.71 Å². The number of nitrogens with zero attached hydrogens (tertiary/aromatic N) is 2. The summed E-state index contributed by atoms with van der Waals surface area (Å²) < 4.78 is 5.36. The number of aromatic nitrogens is 2. The van der Waals surface area contributed by atoms with E-state index in [4.69, 9.17) is 0 Å². The molecule has 282 valence electrons. The molecule has 0 N–H and O–H groups in total. The van der Waals surface area contributed by atoms with E-state index in [1.807, 2.05) is 0 Å². The highest BCUT2D eigenvalue weighted by Gasteiger charge is 2.54. The van der Waals surface area contributed by atoms with Crippen molar-refractivity contribution >= 4 is 77.5 Å². The molecule has 0 atom stereocenters. The van der Waals surface area contributed by atoms with Gasteiger partial charge in [-0.05, 0) is 101 Å². The Hall–Kier alpha value is -7.88. The van der Waals surface area contributed by atoms with Gasteiger partial charge in [0.1, 0.15) is 0 Å². The van der Waals surface area contributed by atoms with Crippen LogP contribution in [0.4, 0.5) is 0 Å². The summed E-state index contributed by atoms with van der Waals surface area (Å²) in [6.45, 7) is 0.0408. The van der Waals surface area contributed by atoms with Crippen LogP contribution >= 0.6 is 0 Å². The van der Waals surface area contributed by atoms with Crippen LogP contribution < -0.4 is 16.4 Å². The van der Waals surface area contributed by atoms with Crippen LogP contribution in [0.3, 0.4) is 0 Å². The van der Waals surface area contributed by atoms with Crippen LogP contribution in [0.25, 0.3) is 99.1 Å². The summed E-state index contributed by atoms with van der Waals surface area (Å²) in [7, 11) is 0. The minimum atomic E-state index is -0.537. The second-order valence-corrected chi connectivity index (χ2v) is 17.9. The van der Waals surface area contributed by atoms with Crippen LogP contribution in [0.2, 0.25) is 0 Å². The molecule has 0 radical (unpaired) electrons. The summed E-state index contributed by atoms with van der Waals surface area (Å²) in [6, 6.07) is 76.4. The maximum atomic E-state index is 2.71. The number of hydrogen-bond acceptors (Lipinski definition) is 0. The third-order valence-corrected chi connectivity index (χ3v) is 15.3. The normalized spacial score (nSPS) is 14.2. The van der Waals surface area contributed by atoms with Crippen LogP contribution in [0.1, 0.15) is 22.3 Å². The van der Waals surface area contributed by atoms with Gasteiger partial charge in [-0.1, -0.05) is 176 Å². The predicted molar refractivity (Wildman–Crippen MR) is 259 cm³/mol. The van der Waals surface area contributed by atoms with Crippen molar-refractivity contribution in [3.8, 4) is 44.8 Å². The van der Waals surface area contributed by atoms with Gasteiger partial charge in [-0.2, -0.15) is 0 Å². The topological polar surface area (TPSA) is 9.86 Å². The molecule has 1 spiro atoms. The van der Waals surface area contributed by atoms with Gasteiger partial charge in [-0.25, -0.2) is 0 Å². The van der Waals surface area contributed by atoms with Gasteiger partial charge in [0.2, 0.25) is 0 Å². The summed E-state index contributed by atoms with van der Waals surface area (Å²) in [5.74, 6) is 0. The molecule has 12 aromatic rings. The van der Waals surface area contributed by atoms with E-state index in [2.05, 4.69) is 209 Å². The Bertz CT molecular complexity index is 4010. The zero-order valence-electron chi connectivity index (χ0n) is 33.5. The maximum Gasteiger partial charge on any atom is 0.252 e. The molecule has 0 unspecified atom stereocenters. The average molecular weight is 781 g/mol. The minimum absolute atomic E-state index is 0.0408. The lowest BCUT2D eigenvalue weighted by molar-refractivity contribution is 0.749. The summed E-state index contributed by atoms with van der Waals surface area (Å²) in [6.07, 6.45) is 0. The van der Waals surface area contributed by atoms with Crippen LogP contribution in [0.5, 0.6) is 0 Å². The van der Waals surface area contributed by atoms with E-state index in [9.17, 15) is 0 Å². The highest BCUT2D eigenvalue weighted by molar-refractivity contribution is 7.00. The molecule has 3 heteroatoms. The maximum absolute atomic E-state index is 2.71. The first-order valence-corrected chi connectivity index (χ1v) is 21.9.